The molecule has 0 aliphatic carbocycles. The van der Waals surface area contributed by atoms with Crippen LogP contribution in [-0.4, -0.2) is 14.9 Å². The molecule has 4 nitrogen and oxygen atoms in total. The van der Waals surface area contributed by atoms with E-state index in [0.717, 1.165) is 17.9 Å². The summed E-state index contributed by atoms with van der Waals surface area (Å²) in [4.78, 5) is 0. The molecule has 3 aromatic carbocycles. The fourth-order valence-corrected chi connectivity index (χ4v) is 3.75. The number of anilines is 2. The molecule has 0 radical (unpaired) electrons. The fraction of sp³-hybridized carbons (Fsp3) is 0.200. The van der Waals surface area contributed by atoms with Gasteiger partial charge in [-0.2, -0.15) is 5.10 Å². The maximum atomic E-state index is 5.46. The van der Waals surface area contributed by atoms with Crippen LogP contribution < -0.4 is 10.6 Å². The number of benzene rings is 3. The van der Waals surface area contributed by atoms with Crippen LogP contribution in [0.25, 0.3) is 10.8 Å². The van der Waals surface area contributed by atoms with Crippen molar-refractivity contribution in [2.75, 3.05) is 10.6 Å². The van der Waals surface area contributed by atoms with Gasteiger partial charge in [0.1, 0.15) is 0 Å². The van der Waals surface area contributed by atoms with Crippen LogP contribution in [0.15, 0.2) is 79.0 Å². The molecule has 5 heteroatoms. The molecule has 4 rings (SSSR count). The van der Waals surface area contributed by atoms with Crippen LogP contribution >= 0.6 is 12.2 Å². The second-order valence-electron chi connectivity index (χ2n) is 7.55. The Hall–Kier alpha value is -3.18. The van der Waals surface area contributed by atoms with Gasteiger partial charge >= 0.3 is 0 Å². The summed E-state index contributed by atoms with van der Waals surface area (Å²) in [6.07, 6.45) is 3.10. The highest BCUT2D eigenvalue weighted by atomic mass is 32.1. The van der Waals surface area contributed by atoms with Crippen LogP contribution in [0, 0.1) is 0 Å². The molecule has 0 saturated heterocycles. The van der Waals surface area contributed by atoms with Crippen LogP contribution in [0.4, 0.5) is 11.5 Å². The lowest BCUT2D eigenvalue weighted by Crippen LogP contribution is -2.19. The zero-order valence-corrected chi connectivity index (χ0v) is 18.1. The Balaban J connectivity index is 1.39. The lowest BCUT2D eigenvalue weighted by Gasteiger charge is -2.12. The van der Waals surface area contributed by atoms with Crippen LogP contribution in [0.2, 0.25) is 0 Å². The van der Waals surface area contributed by atoms with E-state index in [0.29, 0.717) is 17.6 Å². The molecule has 1 unspecified atom stereocenters. The average Bonchev–Trinajstić information content (AvgIpc) is 3.20. The van der Waals surface area contributed by atoms with Crippen molar-refractivity contribution in [1.82, 2.24) is 9.78 Å². The SMILES string of the molecule is CCC(C)c1ccc(NC(=S)Nc2ccn(Cc3cccc4ccccc34)n2)cc1. The van der Waals surface area contributed by atoms with Crippen LogP contribution in [0.3, 0.4) is 0 Å². The number of hydrogen-bond donors (Lipinski definition) is 2. The summed E-state index contributed by atoms with van der Waals surface area (Å²) < 4.78 is 1.92. The highest BCUT2D eigenvalue weighted by Crippen LogP contribution is 2.21. The highest BCUT2D eigenvalue weighted by Gasteiger charge is 2.06. The molecular weight excluding hydrogens is 388 g/mol. The van der Waals surface area contributed by atoms with Gasteiger partial charge in [-0.25, -0.2) is 0 Å². The summed E-state index contributed by atoms with van der Waals surface area (Å²) in [5.41, 5.74) is 3.55. The molecule has 0 amide bonds. The summed E-state index contributed by atoms with van der Waals surface area (Å²) in [6, 6.07) is 25.2. The van der Waals surface area contributed by atoms with Gasteiger partial charge < -0.3 is 10.6 Å². The number of aromatic nitrogens is 2. The fourth-order valence-electron chi connectivity index (χ4n) is 3.53. The van der Waals surface area contributed by atoms with E-state index in [1.165, 1.54) is 21.9 Å². The van der Waals surface area contributed by atoms with Gasteiger partial charge in [-0.3, -0.25) is 4.68 Å². The van der Waals surface area contributed by atoms with E-state index in [1.807, 2.05) is 16.9 Å². The van der Waals surface area contributed by atoms with Crippen molar-refractivity contribution in [2.24, 2.45) is 0 Å². The van der Waals surface area contributed by atoms with Crippen molar-refractivity contribution in [1.29, 1.82) is 0 Å². The maximum absolute atomic E-state index is 5.46. The summed E-state index contributed by atoms with van der Waals surface area (Å²) in [5, 5.41) is 14.0. The summed E-state index contributed by atoms with van der Waals surface area (Å²) in [5.74, 6) is 1.29. The largest absolute Gasteiger partial charge is 0.332 e. The normalized spacial score (nSPS) is 11.9. The van der Waals surface area contributed by atoms with Gasteiger partial charge in [0.15, 0.2) is 10.9 Å². The van der Waals surface area contributed by atoms with Gasteiger partial charge in [-0.1, -0.05) is 68.4 Å². The van der Waals surface area contributed by atoms with Gasteiger partial charge in [-0.05, 0) is 58.6 Å². The van der Waals surface area contributed by atoms with Crippen molar-refractivity contribution in [3.63, 3.8) is 0 Å². The maximum Gasteiger partial charge on any atom is 0.176 e. The van der Waals surface area contributed by atoms with Crippen molar-refractivity contribution in [3.05, 3.63) is 90.1 Å². The second-order valence-corrected chi connectivity index (χ2v) is 7.96. The van der Waals surface area contributed by atoms with E-state index < -0.39 is 0 Å². The second kappa shape index (κ2) is 9.09. The molecule has 0 spiro atoms. The average molecular weight is 415 g/mol. The van der Waals surface area contributed by atoms with Crippen molar-refractivity contribution >= 4 is 39.6 Å². The van der Waals surface area contributed by atoms with Crippen molar-refractivity contribution < 1.29 is 0 Å². The number of thiocarbonyl (C=S) groups is 1. The van der Waals surface area contributed by atoms with Gasteiger partial charge in [-0.15, -0.1) is 0 Å². The van der Waals surface area contributed by atoms with Crippen LogP contribution in [0.1, 0.15) is 37.3 Å². The molecule has 4 aromatic rings. The third kappa shape index (κ3) is 4.69. The van der Waals surface area contributed by atoms with Crippen LogP contribution in [0.5, 0.6) is 0 Å². The third-order valence-corrected chi connectivity index (χ3v) is 5.65. The topological polar surface area (TPSA) is 41.9 Å². The van der Waals surface area contributed by atoms with Gasteiger partial charge in [0.25, 0.3) is 0 Å². The van der Waals surface area contributed by atoms with Gasteiger partial charge in [0.2, 0.25) is 0 Å². The van der Waals surface area contributed by atoms with Crippen molar-refractivity contribution in [2.45, 2.75) is 32.7 Å². The number of rotatable bonds is 6. The summed E-state index contributed by atoms with van der Waals surface area (Å²) in [6.45, 7) is 5.15. The first-order valence-corrected chi connectivity index (χ1v) is 10.7. The van der Waals surface area contributed by atoms with E-state index in [-0.39, 0.29) is 0 Å². The predicted molar refractivity (Wildman–Crippen MR) is 130 cm³/mol. The Labute approximate surface area is 182 Å². The first kappa shape index (κ1) is 20.1. The number of fused-ring (bicyclic) bond motifs is 1. The number of hydrogen-bond acceptors (Lipinski definition) is 2. The molecule has 2 N–H and O–H groups in total. The molecule has 0 aliphatic heterocycles. The Morgan fingerprint density at radius 3 is 2.53 bits per heavy atom. The molecule has 0 bridgehead atoms. The minimum absolute atomic E-state index is 0.529. The van der Waals surface area contributed by atoms with Crippen LogP contribution in [-0.2, 0) is 6.54 Å². The Morgan fingerprint density at radius 1 is 0.967 bits per heavy atom. The van der Waals surface area contributed by atoms with E-state index in [2.05, 4.69) is 96.3 Å². The number of nitrogens with one attached hydrogen (secondary N) is 2. The highest BCUT2D eigenvalue weighted by molar-refractivity contribution is 7.80. The summed E-state index contributed by atoms with van der Waals surface area (Å²) >= 11 is 5.46. The molecule has 1 atom stereocenters. The summed E-state index contributed by atoms with van der Waals surface area (Å²) in [7, 11) is 0. The number of nitrogens with zero attached hydrogens (tertiary/aromatic N) is 2. The van der Waals surface area contributed by atoms with E-state index >= 15 is 0 Å². The minimum atomic E-state index is 0.529. The first-order valence-electron chi connectivity index (χ1n) is 10.3. The van der Waals surface area contributed by atoms with Crippen molar-refractivity contribution in [3.8, 4) is 0 Å². The predicted octanol–water partition coefficient (Wildman–Crippen LogP) is 6.41. The minimum Gasteiger partial charge on any atom is -0.332 e. The molecule has 152 valence electrons. The lowest BCUT2D eigenvalue weighted by atomic mass is 9.99. The molecule has 1 heterocycles. The Kier molecular flexibility index (Phi) is 6.10. The monoisotopic (exact) mass is 414 g/mol. The van der Waals surface area contributed by atoms with Gasteiger partial charge in [0, 0.05) is 18.0 Å². The zero-order chi connectivity index (χ0) is 20.9. The Morgan fingerprint density at radius 2 is 1.73 bits per heavy atom. The first-order chi connectivity index (χ1) is 14.6. The Bertz CT molecular complexity index is 1140. The van der Waals surface area contributed by atoms with E-state index in [1.54, 1.807) is 0 Å². The molecule has 0 fully saturated rings. The quantitative estimate of drug-likeness (QED) is 0.358. The molecule has 1 aromatic heterocycles. The lowest BCUT2D eigenvalue weighted by molar-refractivity contribution is 0.693. The van der Waals surface area contributed by atoms with E-state index in [4.69, 9.17) is 12.2 Å². The smallest absolute Gasteiger partial charge is 0.176 e. The standard InChI is InChI=1S/C25H26N4S/c1-3-18(2)19-11-13-22(14-12-19)26-25(30)27-24-15-16-29(28-24)17-21-9-6-8-20-7-4-5-10-23(20)21/h4-16,18H,3,17H2,1-2H3,(H2,26,27,28,30). The molecule has 30 heavy (non-hydrogen) atoms. The third-order valence-electron chi connectivity index (χ3n) is 5.44. The molecule has 0 aliphatic rings. The molecule has 0 saturated carbocycles. The van der Waals surface area contributed by atoms with E-state index in [9.17, 15) is 0 Å². The molecular formula is C25H26N4S. The zero-order valence-electron chi connectivity index (χ0n) is 17.3. The van der Waals surface area contributed by atoms with Gasteiger partial charge in [0.05, 0.1) is 6.54 Å².